The van der Waals surface area contributed by atoms with Gasteiger partial charge in [0.1, 0.15) is 5.75 Å². The van der Waals surface area contributed by atoms with Crippen LogP contribution in [0.2, 0.25) is 4.34 Å². The van der Waals surface area contributed by atoms with Crippen molar-refractivity contribution in [2.75, 3.05) is 25.5 Å². The van der Waals surface area contributed by atoms with E-state index in [1.807, 2.05) is 12.1 Å². The minimum absolute atomic E-state index is 0.0583. The minimum atomic E-state index is -3.31. The molecule has 1 aliphatic rings. The Labute approximate surface area is 214 Å². The van der Waals surface area contributed by atoms with Crippen LogP contribution >= 0.6 is 22.9 Å². The van der Waals surface area contributed by atoms with Crippen LogP contribution in [0, 0.1) is 0 Å². The van der Waals surface area contributed by atoms with E-state index in [2.05, 4.69) is 15.4 Å². The van der Waals surface area contributed by atoms with Gasteiger partial charge in [0, 0.05) is 23.9 Å². The smallest absolute Gasteiger partial charge is 0.285 e. The third-order valence-electron chi connectivity index (χ3n) is 5.98. The number of rotatable bonds is 8. The largest absolute Gasteiger partial charge is 0.496 e. The second kappa shape index (κ2) is 10.7. The Hall–Kier alpha value is -2.47. The number of hydrogen-bond acceptors (Lipinski definition) is 8. The van der Waals surface area contributed by atoms with Gasteiger partial charge in [-0.25, -0.2) is 12.7 Å². The fourth-order valence-corrected chi connectivity index (χ4v) is 6.32. The summed E-state index contributed by atoms with van der Waals surface area (Å²) in [6.07, 6.45) is 1.16. The Kier molecular flexibility index (Phi) is 7.80. The van der Waals surface area contributed by atoms with Gasteiger partial charge in [-0.2, -0.15) is 9.67 Å². The Morgan fingerprint density at radius 2 is 1.94 bits per heavy atom. The molecule has 0 aliphatic carbocycles. The normalized spacial score (nSPS) is 15.5. The topological polar surface area (TPSA) is 106 Å². The molecule has 0 spiro atoms. The van der Waals surface area contributed by atoms with E-state index >= 15 is 0 Å². The summed E-state index contributed by atoms with van der Waals surface area (Å²) in [6.45, 7) is 4.60. The summed E-state index contributed by atoms with van der Waals surface area (Å²) in [6, 6.07) is 10.7. The standard InChI is InChI=1S/C23H28ClN5O4S2/c1-15(2)35(31,32)28-12-10-16(11-13-28)21-26-23(25-14-17-8-9-20(24)34-17)29(27-21)22(30)18-6-4-5-7-19(18)33-3/h4-9,15-16H,10-14H2,1-3H3,(H,25,26,27). The zero-order valence-corrected chi connectivity index (χ0v) is 22.2. The van der Waals surface area contributed by atoms with E-state index in [9.17, 15) is 13.2 Å². The van der Waals surface area contributed by atoms with Crippen molar-refractivity contribution in [1.29, 1.82) is 0 Å². The van der Waals surface area contributed by atoms with Gasteiger partial charge in [-0.3, -0.25) is 4.79 Å². The molecule has 1 aliphatic heterocycles. The number of ether oxygens (including phenoxy) is 1. The molecule has 1 fully saturated rings. The third-order valence-corrected chi connectivity index (χ3v) is 9.49. The number of nitrogens with one attached hydrogen (secondary N) is 1. The summed E-state index contributed by atoms with van der Waals surface area (Å²) in [5, 5.41) is 7.32. The van der Waals surface area contributed by atoms with Crippen LogP contribution in [0.4, 0.5) is 5.95 Å². The van der Waals surface area contributed by atoms with E-state index in [1.54, 1.807) is 38.1 Å². The predicted molar refractivity (Wildman–Crippen MR) is 137 cm³/mol. The summed E-state index contributed by atoms with van der Waals surface area (Å²) >= 11 is 7.49. The number of methoxy groups -OCH3 is 1. The van der Waals surface area contributed by atoms with E-state index in [0.717, 1.165) is 4.88 Å². The van der Waals surface area contributed by atoms with Crippen LogP contribution in [0.5, 0.6) is 5.75 Å². The third kappa shape index (κ3) is 5.53. The molecule has 9 nitrogen and oxygen atoms in total. The Balaban J connectivity index is 1.60. The molecule has 0 atom stereocenters. The number of piperidine rings is 1. The van der Waals surface area contributed by atoms with Crippen LogP contribution in [0.15, 0.2) is 36.4 Å². The first kappa shape index (κ1) is 25.6. The molecule has 1 saturated heterocycles. The Morgan fingerprint density at radius 1 is 1.23 bits per heavy atom. The lowest BCUT2D eigenvalue weighted by Gasteiger charge is -2.31. The van der Waals surface area contributed by atoms with E-state index in [0.29, 0.717) is 59.9 Å². The van der Waals surface area contributed by atoms with Crippen LogP contribution in [0.1, 0.15) is 53.7 Å². The van der Waals surface area contributed by atoms with Crippen molar-refractivity contribution in [3.8, 4) is 5.75 Å². The first-order chi connectivity index (χ1) is 16.7. The SMILES string of the molecule is COc1ccccc1C(=O)n1nc(C2CCN(S(=O)(=O)C(C)C)CC2)nc1NCc1ccc(Cl)s1. The average Bonchev–Trinajstić information content (AvgIpc) is 3.48. The second-order valence-electron chi connectivity index (χ2n) is 8.54. The molecule has 0 saturated carbocycles. The van der Waals surface area contributed by atoms with Crippen molar-refractivity contribution >= 4 is 44.8 Å². The fourth-order valence-electron chi connectivity index (χ4n) is 3.97. The molecule has 3 heterocycles. The Morgan fingerprint density at radius 3 is 2.57 bits per heavy atom. The number of nitrogens with zero attached hydrogens (tertiary/aromatic N) is 4. The van der Waals surface area contributed by atoms with Gasteiger partial charge in [-0.05, 0) is 51.0 Å². The number of hydrogen-bond donors (Lipinski definition) is 1. The molecule has 35 heavy (non-hydrogen) atoms. The monoisotopic (exact) mass is 537 g/mol. The number of halogens is 1. The molecule has 2 aromatic heterocycles. The van der Waals surface area contributed by atoms with Crippen molar-refractivity contribution < 1.29 is 17.9 Å². The van der Waals surface area contributed by atoms with Crippen LogP contribution in [0.25, 0.3) is 0 Å². The Bertz CT molecular complexity index is 1300. The molecular weight excluding hydrogens is 510 g/mol. The van der Waals surface area contributed by atoms with Gasteiger partial charge in [0.15, 0.2) is 5.82 Å². The van der Waals surface area contributed by atoms with Gasteiger partial charge in [0.25, 0.3) is 5.91 Å². The highest BCUT2D eigenvalue weighted by Gasteiger charge is 2.33. The van der Waals surface area contributed by atoms with Gasteiger partial charge in [0.2, 0.25) is 16.0 Å². The first-order valence-electron chi connectivity index (χ1n) is 11.3. The summed E-state index contributed by atoms with van der Waals surface area (Å²) < 4.78 is 33.9. The van der Waals surface area contributed by atoms with Crippen LogP contribution in [-0.4, -0.2) is 58.8 Å². The number of anilines is 1. The fraction of sp³-hybridized carbons (Fsp3) is 0.435. The minimum Gasteiger partial charge on any atom is -0.496 e. The summed E-state index contributed by atoms with van der Waals surface area (Å²) in [5.41, 5.74) is 0.367. The lowest BCUT2D eigenvalue weighted by atomic mass is 9.98. The van der Waals surface area contributed by atoms with E-state index < -0.39 is 15.3 Å². The number of para-hydroxylation sites is 1. The van der Waals surface area contributed by atoms with E-state index in [-0.39, 0.29) is 11.8 Å². The van der Waals surface area contributed by atoms with E-state index in [4.69, 9.17) is 16.3 Å². The van der Waals surface area contributed by atoms with Crippen LogP contribution < -0.4 is 10.1 Å². The van der Waals surface area contributed by atoms with Crippen molar-refractivity contribution in [3.05, 3.63) is 57.0 Å². The molecule has 188 valence electrons. The maximum absolute atomic E-state index is 13.5. The summed E-state index contributed by atoms with van der Waals surface area (Å²) in [4.78, 5) is 19.1. The number of sulfonamides is 1. The highest BCUT2D eigenvalue weighted by molar-refractivity contribution is 7.89. The van der Waals surface area contributed by atoms with Crippen molar-refractivity contribution in [2.24, 2.45) is 0 Å². The van der Waals surface area contributed by atoms with Gasteiger partial charge in [0.05, 0.1) is 28.8 Å². The molecule has 0 unspecified atom stereocenters. The highest BCUT2D eigenvalue weighted by Crippen LogP contribution is 2.30. The molecule has 4 rings (SSSR count). The van der Waals surface area contributed by atoms with Crippen molar-refractivity contribution in [2.45, 2.75) is 44.4 Å². The lowest BCUT2D eigenvalue weighted by molar-refractivity contribution is 0.0943. The quantitative estimate of drug-likeness (QED) is 0.458. The van der Waals surface area contributed by atoms with Crippen molar-refractivity contribution in [1.82, 2.24) is 19.1 Å². The summed E-state index contributed by atoms with van der Waals surface area (Å²) in [7, 11) is -1.79. The molecule has 0 radical (unpaired) electrons. The van der Waals surface area contributed by atoms with Gasteiger partial charge < -0.3 is 10.1 Å². The maximum Gasteiger partial charge on any atom is 0.285 e. The maximum atomic E-state index is 13.5. The second-order valence-corrected chi connectivity index (χ2v) is 12.8. The van der Waals surface area contributed by atoms with Gasteiger partial charge in [-0.15, -0.1) is 16.4 Å². The summed E-state index contributed by atoms with van der Waals surface area (Å²) in [5.74, 6) is 0.849. The number of thiophene rings is 1. The molecule has 3 aromatic rings. The molecule has 1 aromatic carbocycles. The van der Waals surface area contributed by atoms with Gasteiger partial charge in [-0.1, -0.05) is 23.7 Å². The predicted octanol–water partition coefficient (Wildman–Crippen LogP) is 4.22. The number of carbonyl (C=O) groups is 1. The number of benzene rings is 1. The highest BCUT2D eigenvalue weighted by atomic mass is 35.5. The lowest BCUT2D eigenvalue weighted by Crippen LogP contribution is -2.41. The zero-order valence-electron chi connectivity index (χ0n) is 19.8. The molecule has 0 bridgehead atoms. The van der Waals surface area contributed by atoms with Crippen LogP contribution in [0.3, 0.4) is 0 Å². The number of aromatic nitrogens is 3. The van der Waals surface area contributed by atoms with Gasteiger partial charge >= 0.3 is 0 Å². The van der Waals surface area contributed by atoms with Crippen LogP contribution in [-0.2, 0) is 16.6 Å². The molecule has 1 N–H and O–H groups in total. The molecule has 0 amide bonds. The molecule has 12 heteroatoms. The van der Waals surface area contributed by atoms with E-state index in [1.165, 1.54) is 27.4 Å². The average molecular weight is 538 g/mol. The molecular formula is C23H28ClN5O4S2. The zero-order chi connectivity index (χ0) is 25.2. The first-order valence-corrected chi connectivity index (χ1v) is 14.0. The number of carbonyl (C=O) groups excluding carboxylic acids is 1. The van der Waals surface area contributed by atoms with Crippen molar-refractivity contribution in [3.63, 3.8) is 0 Å².